The summed E-state index contributed by atoms with van der Waals surface area (Å²) in [7, 11) is 0. The van der Waals surface area contributed by atoms with Gasteiger partial charge in [-0.2, -0.15) is 0 Å². The topological polar surface area (TPSA) is 75.4 Å². The SMILES string of the molecule is CC1(CN)CCN(C(=O)c2ccsc2NC(=O)c2ccccc2Cl)C1. The number of likely N-dealkylation sites (tertiary alicyclic amines) is 1. The monoisotopic (exact) mass is 377 g/mol. The van der Waals surface area contributed by atoms with E-state index in [1.165, 1.54) is 11.3 Å². The molecule has 25 heavy (non-hydrogen) atoms. The second-order valence-corrected chi connectivity index (χ2v) is 7.91. The Balaban J connectivity index is 1.76. The summed E-state index contributed by atoms with van der Waals surface area (Å²) in [6, 6.07) is 8.57. The lowest BCUT2D eigenvalue weighted by Gasteiger charge is -2.22. The molecule has 0 bridgehead atoms. The van der Waals surface area contributed by atoms with Crippen LogP contribution in [0.25, 0.3) is 0 Å². The molecule has 1 saturated heterocycles. The molecular weight excluding hydrogens is 358 g/mol. The molecule has 3 rings (SSSR count). The number of hydrogen-bond donors (Lipinski definition) is 2. The lowest BCUT2D eigenvalue weighted by molar-refractivity contribution is 0.0778. The Kier molecular flexibility index (Phi) is 5.13. The van der Waals surface area contributed by atoms with Crippen molar-refractivity contribution in [3.05, 3.63) is 51.9 Å². The Morgan fingerprint density at radius 2 is 2.08 bits per heavy atom. The van der Waals surface area contributed by atoms with Gasteiger partial charge in [-0.1, -0.05) is 30.7 Å². The molecule has 2 amide bonds. The Morgan fingerprint density at radius 3 is 2.76 bits per heavy atom. The van der Waals surface area contributed by atoms with Crippen molar-refractivity contribution < 1.29 is 9.59 Å². The molecule has 1 atom stereocenters. The maximum absolute atomic E-state index is 12.8. The molecule has 2 aromatic rings. The van der Waals surface area contributed by atoms with Gasteiger partial charge in [0.05, 0.1) is 16.1 Å². The fourth-order valence-corrected chi connectivity index (χ4v) is 3.92. The highest BCUT2D eigenvalue weighted by Gasteiger charge is 2.36. The average molecular weight is 378 g/mol. The molecule has 1 aliphatic heterocycles. The smallest absolute Gasteiger partial charge is 0.257 e. The molecule has 1 aromatic heterocycles. The first-order chi connectivity index (χ1) is 11.9. The number of hydrogen-bond acceptors (Lipinski definition) is 4. The van der Waals surface area contributed by atoms with E-state index in [1.54, 1.807) is 40.6 Å². The van der Waals surface area contributed by atoms with Gasteiger partial charge in [-0.25, -0.2) is 0 Å². The van der Waals surface area contributed by atoms with Gasteiger partial charge in [-0.15, -0.1) is 11.3 Å². The average Bonchev–Trinajstić information content (AvgIpc) is 3.22. The molecule has 2 heterocycles. The number of nitrogens with one attached hydrogen (secondary N) is 1. The molecule has 5 nitrogen and oxygen atoms in total. The predicted molar refractivity (Wildman–Crippen MR) is 101 cm³/mol. The fraction of sp³-hybridized carbons (Fsp3) is 0.333. The van der Waals surface area contributed by atoms with E-state index in [0.29, 0.717) is 40.8 Å². The summed E-state index contributed by atoms with van der Waals surface area (Å²) in [4.78, 5) is 27.1. The van der Waals surface area contributed by atoms with Crippen LogP contribution in [0.15, 0.2) is 35.7 Å². The van der Waals surface area contributed by atoms with Crippen molar-refractivity contribution in [2.24, 2.45) is 11.1 Å². The van der Waals surface area contributed by atoms with Crippen molar-refractivity contribution in [1.82, 2.24) is 4.90 Å². The van der Waals surface area contributed by atoms with E-state index in [-0.39, 0.29) is 17.2 Å². The highest BCUT2D eigenvalue weighted by Crippen LogP contribution is 2.32. The van der Waals surface area contributed by atoms with Crippen LogP contribution in [0.5, 0.6) is 0 Å². The number of nitrogens with zero attached hydrogens (tertiary/aromatic N) is 1. The zero-order valence-electron chi connectivity index (χ0n) is 13.9. The van der Waals surface area contributed by atoms with E-state index >= 15 is 0 Å². The first-order valence-electron chi connectivity index (χ1n) is 8.06. The van der Waals surface area contributed by atoms with Crippen molar-refractivity contribution in [3.8, 4) is 0 Å². The third-order valence-corrected chi connectivity index (χ3v) is 5.74. The maximum Gasteiger partial charge on any atom is 0.257 e. The quantitative estimate of drug-likeness (QED) is 0.856. The Bertz CT molecular complexity index is 807. The van der Waals surface area contributed by atoms with E-state index in [4.69, 9.17) is 17.3 Å². The number of benzene rings is 1. The summed E-state index contributed by atoms with van der Waals surface area (Å²) in [5, 5.41) is 5.52. The van der Waals surface area contributed by atoms with Gasteiger partial charge >= 0.3 is 0 Å². The number of anilines is 1. The summed E-state index contributed by atoms with van der Waals surface area (Å²) in [5.74, 6) is -0.400. The molecule has 7 heteroatoms. The maximum atomic E-state index is 12.8. The van der Waals surface area contributed by atoms with Gasteiger partial charge in [0.1, 0.15) is 5.00 Å². The summed E-state index contributed by atoms with van der Waals surface area (Å²) in [6.07, 6.45) is 0.890. The molecule has 0 saturated carbocycles. The number of nitrogens with two attached hydrogens (primary N) is 1. The van der Waals surface area contributed by atoms with Crippen LogP contribution in [-0.4, -0.2) is 36.3 Å². The largest absolute Gasteiger partial charge is 0.338 e. The third kappa shape index (κ3) is 3.71. The van der Waals surface area contributed by atoms with Gasteiger partial charge in [-0.3, -0.25) is 9.59 Å². The number of halogens is 1. The second kappa shape index (κ2) is 7.15. The van der Waals surface area contributed by atoms with Crippen LogP contribution >= 0.6 is 22.9 Å². The van der Waals surface area contributed by atoms with Crippen LogP contribution in [-0.2, 0) is 0 Å². The molecule has 1 unspecified atom stereocenters. The molecule has 3 N–H and O–H groups in total. The normalized spacial score (nSPS) is 19.9. The zero-order chi connectivity index (χ0) is 18.0. The third-order valence-electron chi connectivity index (χ3n) is 4.58. The number of thiophene rings is 1. The number of carbonyl (C=O) groups excluding carboxylic acids is 2. The summed E-state index contributed by atoms with van der Waals surface area (Å²) < 4.78 is 0. The second-order valence-electron chi connectivity index (χ2n) is 6.59. The van der Waals surface area contributed by atoms with Gasteiger partial charge in [0.25, 0.3) is 11.8 Å². The van der Waals surface area contributed by atoms with Crippen LogP contribution in [0.3, 0.4) is 0 Å². The molecule has 1 aliphatic rings. The van der Waals surface area contributed by atoms with Gasteiger partial charge in [-0.05, 0) is 42.0 Å². The number of rotatable bonds is 4. The summed E-state index contributed by atoms with van der Waals surface area (Å²) >= 11 is 7.39. The highest BCUT2D eigenvalue weighted by atomic mass is 35.5. The Labute approximate surface area is 155 Å². The van der Waals surface area contributed by atoms with Gasteiger partial charge in [0.15, 0.2) is 0 Å². The van der Waals surface area contributed by atoms with Crippen LogP contribution in [0, 0.1) is 5.41 Å². The lowest BCUT2D eigenvalue weighted by atomic mass is 9.90. The fourth-order valence-electron chi connectivity index (χ4n) is 2.92. The van der Waals surface area contributed by atoms with E-state index in [2.05, 4.69) is 12.2 Å². The summed E-state index contributed by atoms with van der Waals surface area (Å²) in [5.41, 5.74) is 6.67. The predicted octanol–water partition coefficient (Wildman–Crippen LogP) is 3.46. The van der Waals surface area contributed by atoms with Crippen LogP contribution < -0.4 is 11.1 Å². The number of carbonyl (C=O) groups is 2. The van der Waals surface area contributed by atoms with E-state index in [1.807, 2.05) is 0 Å². The van der Waals surface area contributed by atoms with Crippen molar-refractivity contribution in [2.75, 3.05) is 25.0 Å². The van der Waals surface area contributed by atoms with Crippen molar-refractivity contribution in [3.63, 3.8) is 0 Å². The minimum Gasteiger partial charge on any atom is -0.338 e. The standard InChI is InChI=1S/C18H20ClN3O2S/c1-18(10-20)7-8-22(11-18)17(24)13-6-9-25-16(13)21-15(23)12-4-2-3-5-14(12)19/h2-6,9H,7-8,10-11,20H2,1H3,(H,21,23). The van der Waals surface area contributed by atoms with Crippen LogP contribution in [0.4, 0.5) is 5.00 Å². The first-order valence-corrected chi connectivity index (χ1v) is 9.32. The van der Waals surface area contributed by atoms with Gasteiger partial charge in [0.2, 0.25) is 0 Å². The van der Waals surface area contributed by atoms with Gasteiger partial charge < -0.3 is 16.0 Å². The highest BCUT2D eigenvalue weighted by molar-refractivity contribution is 7.14. The molecular formula is C18H20ClN3O2S. The van der Waals surface area contributed by atoms with E-state index in [9.17, 15) is 9.59 Å². The molecule has 1 aromatic carbocycles. The van der Waals surface area contributed by atoms with Crippen molar-refractivity contribution in [2.45, 2.75) is 13.3 Å². The lowest BCUT2D eigenvalue weighted by Crippen LogP contribution is -2.34. The Morgan fingerprint density at radius 1 is 1.32 bits per heavy atom. The number of amides is 2. The van der Waals surface area contributed by atoms with Crippen molar-refractivity contribution >= 4 is 39.8 Å². The first kappa shape index (κ1) is 17.9. The molecule has 0 radical (unpaired) electrons. The zero-order valence-corrected chi connectivity index (χ0v) is 15.5. The molecule has 0 aliphatic carbocycles. The van der Waals surface area contributed by atoms with E-state index < -0.39 is 0 Å². The van der Waals surface area contributed by atoms with Crippen molar-refractivity contribution in [1.29, 1.82) is 0 Å². The molecule has 132 valence electrons. The van der Waals surface area contributed by atoms with Crippen LogP contribution in [0.2, 0.25) is 5.02 Å². The minimum absolute atomic E-state index is 0.0351. The molecule has 0 spiro atoms. The Hall–Kier alpha value is -1.89. The van der Waals surface area contributed by atoms with Gasteiger partial charge in [0, 0.05) is 13.1 Å². The van der Waals surface area contributed by atoms with E-state index in [0.717, 1.165) is 6.42 Å². The summed E-state index contributed by atoms with van der Waals surface area (Å²) in [6.45, 7) is 3.96. The minimum atomic E-state index is -0.324. The molecule has 1 fully saturated rings. The van der Waals surface area contributed by atoms with Crippen LogP contribution in [0.1, 0.15) is 34.1 Å².